The van der Waals surface area contributed by atoms with Gasteiger partial charge >= 0.3 is 0 Å². The summed E-state index contributed by atoms with van der Waals surface area (Å²) in [6.07, 6.45) is -0.252. The average Bonchev–Trinajstić information content (AvgIpc) is 2.56. The molecular weight excluding hydrogens is 285 g/mol. The first kappa shape index (κ1) is 14.4. The van der Waals surface area contributed by atoms with E-state index in [0.717, 1.165) is 0 Å². The summed E-state index contributed by atoms with van der Waals surface area (Å²) in [7, 11) is 0. The minimum Gasteiger partial charge on any atom is -0.485 e. The monoisotopic (exact) mass is 301 g/mol. The molecule has 1 N–H and O–H groups in total. The molecule has 0 aromatic heterocycles. The van der Waals surface area contributed by atoms with Crippen LogP contribution in [-0.4, -0.2) is 25.2 Å². The van der Waals surface area contributed by atoms with E-state index < -0.39 is 6.10 Å². The highest BCUT2D eigenvalue weighted by atomic mass is 19.1. The van der Waals surface area contributed by atoms with Crippen LogP contribution in [-0.2, 0) is 11.2 Å². The summed E-state index contributed by atoms with van der Waals surface area (Å²) in [6.45, 7) is 0.518. The van der Waals surface area contributed by atoms with E-state index in [4.69, 9.17) is 9.47 Å². The van der Waals surface area contributed by atoms with Crippen molar-refractivity contribution in [3.63, 3.8) is 0 Å². The van der Waals surface area contributed by atoms with Gasteiger partial charge in [0, 0.05) is 6.54 Å². The first-order valence-electron chi connectivity index (χ1n) is 7.13. The van der Waals surface area contributed by atoms with Crippen molar-refractivity contribution >= 4 is 5.91 Å². The highest BCUT2D eigenvalue weighted by Gasteiger charge is 2.26. The van der Waals surface area contributed by atoms with Gasteiger partial charge in [0.05, 0.1) is 0 Å². The lowest BCUT2D eigenvalue weighted by Gasteiger charge is -2.25. The molecule has 1 amide bonds. The number of carbonyl (C=O) groups is 1. The van der Waals surface area contributed by atoms with E-state index in [2.05, 4.69) is 5.32 Å². The average molecular weight is 301 g/mol. The molecule has 0 spiro atoms. The number of rotatable bonds is 4. The molecule has 1 atom stereocenters. The van der Waals surface area contributed by atoms with E-state index in [-0.39, 0.29) is 18.3 Å². The highest BCUT2D eigenvalue weighted by Crippen LogP contribution is 2.30. The number of ether oxygens (including phenoxy) is 2. The van der Waals surface area contributed by atoms with Crippen molar-refractivity contribution in [1.82, 2.24) is 5.32 Å². The van der Waals surface area contributed by atoms with Gasteiger partial charge in [0.15, 0.2) is 11.5 Å². The predicted octanol–water partition coefficient (Wildman–Crippen LogP) is 2.32. The number of hydrogen-bond acceptors (Lipinski definition) is 3. The van der Waals surface area contributed by atoms with Gasteiger partial charge in [0.1, 0.15) is 12.4 Å². The fraction of sp³-hybridized carbons (Fsp3) is 0.235. The van der Waals surface area contributed by atoms with Crippen LogP contribution in [0.3, 0.4) is 0 Å². The molecule has 1 aliphatic heterocycles. The summed E-state index contributed by atoms with van der Waals surface area (Å²) < 4.78 is 24.6. The van der Waals surface area contributed by atoms with Crippen LogP contribution < -0.4 is 14.8 Å². The Labute approximate surface area is 127 Å². The molecule has 4 nitrogen and oxygen atoms in total. The van der Waals surface area contributed by atoms with Crippen molar-refractivity contribution < 1.29 is 18.7 Å². The van der Waals surface area contributed by atoms with Gasteiger partial charge in [-0.25, -0.2) is 4.39 Å². The third-order valence-corrected chi connectivity index (χ3v) is 3.45. The van der Waals surface area contributed by atoms with Gasteiger partial charge in [-0.3, -0.25) is 4.79 Å². The molecule has 0 saturated carbocycles. The third kappa shape index (κ3) is 3.19. The Bertz CT molecular complexity index is 674. The first-order valence-corrected chi connectivity index (χ1v) is 7.13. The normalized spacial score (nSPS) is 16.1. The van der Waals surface area contributed by atoms with Crippen LogP contribution in [0.2, 0.25) is 0 Å². The summed E-state index contributed by atoms with van der Waals surface area (Å²) in [4.78, 5) is 12.1. The van der Waals surface area contributed by atoms with Gasteiger partial charge in [0.2, 0.25) is 6.10 Å². The molecule has 114 valence electrons. The van der Waals surface area contributed by atoms with E-state index in [0.29, 0.717) is 30.0 Å². The Kier molecular flexibility index (Phi) is 4.23. The zero-order valence-electron chi connectivity index (χ0n) is 11.9. The fourth-order valence-corrected chi connectivity index (χ4v) is 2.28. The molecule has 3 rings (SSSR count). The van der Waals surface area contributed by atoms with Gasteiger partial charge in [-0.15, -0.1) is 0 Å². The molecule has 2 aromatic carbocycles. The van der Waals surface area contributed by atoms with Crippen molar-refractivity contribution in [2.75, 3.05) is 13.2 Å². The SMILES string of the molecule is O=C(NCCc1ccccc1F)[C@H]1COc2ccccc2O1. The number of amides is 1. The maximum absolute atomic E-state index is 13.5. The van der Waals surface area contributed by atoms with Gasteiger partial charge in [0.25, 0.3) is 5.91 Å². The lowest BCUT2D eigenvalue weighted by atomic mass is 10.1. The molecule has 1 aliphatic rings. The molecule has 2 aromatic rings. The van der Waals surface area contributed by atoms with Crippen LogP contribution in [0.15, 0.2) is 48.5 Å². The first-order chi connectivity index (χ1) is 10.7. The van der Waals surface area contributed by atoms with Gasteiger partial charge in [-0.2, -0.15) is 0 Å². The van der Waals surface area contributed by atoms with E-state index in [1.54, 1.807) is 30.3 Å². The van der Waals surface area contributed by atoms with E-state index in [1.807, 2.05) is 12.1 Å². The Hall–Kier alpha value is -2.56. The lowest BCUT2D eigenvalue weighted by molar-refractivity contribution is -0.130. The lowest BCUT2D eigenvalue weighted by Crippen LogP contribution is -2.44. The molecule has 1 heterocycles. The summed E-state index contributed by atoms with van der Waals surface area (Å²) in [6, 6.07) is 13.7. The van der Waals surface area contributed by atoms with Crippen LogP contribution in [0, 0.1) is 5.82 Å². The standard InChI is InChI=1S/C17H16FNO3/c18-13-6-2-1-5-12(13)9-10-19-17(20)16-11-21-14-7-3-4-8-15(14)22-16/h1-8,16H,9-11H2,(H,19,20)/t16-/m1/s1. The van der Waals surface area contributed by atoms with Gasteiger partial charge in [-0.05, 0) is 30.2 Å². The Morgan fingerprint density at radius 3 is 2.68 bits per heavy atom. The molecule has 0 fully saturated rings. The van der Waals surface area contributed by atoms with Crippen LogP contribution in [0.1, 0.15) is 5.56 Å². The van der Waals surface area contributed by atoms with Gasteiger partial charge in [-0.1, -0.05) is 30.3 Å². The van der Waals surface area contributed by atoms with Gasteiger partial charge < -0.3 is 14.8 Å². The number of hydrogen-bond donors (Lipinski definition) is 1. The van der Waals surface area contributed by atoms with Crippen molar-refractivity contribution in [2.24, 2.45) is 0 Å². The van der Waals surface area contributed by atoms with E-state index >= 15 is 0 Å². The van der Waals surface area contributed by atoms with Crippen molar-refractivity contribution in [3.8, 4) is 11.5 Å². The van der Waals surface area contributed by atoms with Crippen LogP contribution in [0.4, 0.5) is 4.39 Å². The molecule has 0 aliphatic carbocycles. The second-order valence-electron chi connectivity index (χ2n) is 5.00. The number of fused-ring (bicyclic) bond motifs is 1. The smallest absolute Gasteiger partial charge is 0.264 e. The maximum Gasteiger partial charge on any atom is 0.264 e. The quantitative estimate of drug-likeness (QED) is 0.943. The number of halogens is 1. The topological polar surface area (TPSA) is 47.6 Å². The summed E-state index contributed by atoms with van der Waals surface area (Å²) in [5.74, 6) is 0.676. The molecule has 22 heavy (non-hydrogen) atoms. The maximum atomic E-state index is 13.5. The minimum absolute atomic E-state index is 0.169. The van der Waals surface area contributed by atoms with Crippen LogP contribution in [0.5, 0.6) is 11.5 Å². The predicted molar refractivity (Wildman–Crippen MR) is 79.5 cm³/mol. The van der Waals surface area contributed by atoms with Crippen molar-refractivity contribution in [1.29, 1.82) is 0 Å². The Morgan fingerprint density at radius 1 is 1.14 bits per heavy atom. The number of benzene rings is 2. The van der Waals surface area contributed by atoms with Crippen molar-refractivity contribution in [2.45, 2.75) is 12.5 Å². The summed E-state index contributed by atoms with van der Waals surface area (Å²) >= 11 is 0. The second kappa shape index (κ2) is 6.47. The van der Waals surface area contributed by atoms with E-state index in [1.165, 1.54) is 6.07 Å². The fourth-order valence-electron chi connectivity index (χ4n) is 2.28. The summed E-state index contributed by atoms with van der Waals surface area (Å²) in [5.41, 5.74) is 0.578. The molecule has 0 bridgehead atoms. The third-order valence-electron chi connectivity index (χ3n) is 3.45. The minimum atomic E-state index is -0.685. The Morgan fingerprint density at radius 2 is 1.86 bits per heavy atom. The van der Waals surface area contributed by atoms with Crippen LogP contribution >= 0.6 is 0 Å². The van der Waals surface area contributed by atoms with Crippen molar-refractivity contribution in [3.05, 3.63) is 59.9 Å². The molecule has 0 radical (unpaired) electrons. The second-order valence-corrected chi connectivity index (χ2v) is 5.00. The molecule has 0 saturated heterocycles. The van der Waals surface area contributed by atoms with E-state index in [9.17, 15) is 9.18 Å². The zero-order valence-corrected chi connectivity index (χ0v) is 11.9. The summed E-state index contributed by atoms with van der Waals surface area (Å²) in [5, 5.41) is 2.75. The number of carbonyl (C=O) groups excluding carboxylic acids is 1. The highest BCUT2D eigenvalue weighted by molar-refractivity contribution is 5.81. The molecule has 5 heteroatoms. The number of para-hydroxylation sites is 2. The largest absolute Gasteiger partial charge is 0.485 e. The Balaban J connectivity index is 1.52. The van der Waals surface area contributed by atoms with Crippen LogP contribution in [0.25, 0.3) is 0 Å². The molecule has 0 unspecified atom stereocenters. The molecular formula is C17H16FNO3. The zero-order chi connectivity index (χ0) is 15.4. The number of nitrogens with one attached hydrogen (secondary N) is 1.